The van der Waals surface area contributed by atoms with Crippen LogP contribution in [0.5, 0.6) is 11.5 Å². The summed E-state index contributed by atoms with van der Waals surface area (Å²) in [5.74, 6) is 1.35. The molecule has 1 aliphatic heterocycles. The molecule has 0 radical (unpaired) electrons. The number of para-hydroxylation sites is 1. The first-order valence-corrected chi connectivity index (χ1v) is 8.72. The summed E-state index contributed by atoms with van der Waals surface area (Å²) in [6.07, 6.45) is 0.936. The Balaban J connectivity index is 1.46. The van der Waals surface area contributed by atoms with Crippen LogP contribution in [0.15, 0.2) is 54.6 Å². The molecular weight excluding hydrogens is 316 g/mol. The van der Waals surface area contributed by atoms with Crippen molar-refractivity contribution in [2.75, 3.05) is 39.4 Å². The molecule has 1 aliphatic rings. The maximum Gasteiger partial charge on any atom is 0.251 e. The standard InChI is InChI=1S/C20H24N2O3/c23-20(21-10-5-11-22-12-14-24-15-13-22)17-6-4-9-19(16-17)25-18-7-2-1-3-8-18/h1-4,6-9,16H,5,10-15H2,(H,21,23). The maximum atomic E-state index is 12.3. The molecule has 0 bridgehead atoms. The molecule has 1 saturated heterocycles. The number of benzene rings is 2. The molecule has 5 heteroatoms. The van der Waals surface area contributed by atoms with Gasteiger partial charge < -0.3 is 14.8 Å². The van der Waals surface area contributed by atoms with Gasteiger partial charge in [-0.25, -0.2) is 0 Å². The van der Waals surface area contributed by atoms with E-state index in [4.69, 9.17) is 9.47 Å². The van der Waals surface area contributed by atoms with E-state index in [0.29, 0.717) is 17.9 Å². The molecule has 0 aromatic heterocycles. The topological polar surface area (TPSA) is 50.8 Å². The fourth-order valence-corrected chi connectivity index (χ4v) is 2.76. The first-order valence-electron chi connectivity index (χ1n) is 8.72. The molecule has 0 unspecified atom stereocenters. The summed E-state index contributed by atoms with van der Waals surface area (Å²) in [6, 6.07) is 16.8. The number of hydrogen-bond donors (Lipinski definition) is 1. The van der Waals surface area contributed by atoms with Crippen molar-refractivity contribution < 1.29 is 14.3 Å². The van der Waals surface area contributed by atoms with E-state index in [1.165, 1.54) is 0 Å². The predicted molar refractivity (Wildman–Crippen MR) is 97.2 cm³/mol. The van der Waals surface area contributed by atoms with Crippen LogP contribution in [0.1, 0.15) is 16.8 Å². The van der Waals surface area contributed by atoms with Gasteiger partial charge in [-0.05, 0) is 43.3 Å². The van der Waals surface area contributed by atoms with Gasteiger partial charge in [0.25, 0.3) is 5.91 Å². The minimum Gasteiger partial charge on any atom is -0.457 e. The van der Waals surface area contributed by atoms with Gasteiger partial charge in [0, 0.05) is 25.2 Å². The minimum atomic E-state index is -0.0690. The zero-order valence-electron chi connectivity index (χ0n) is 14.3. The zero-order chi connectivity index (χ0) is 17.3. The normalized spacial score (nSPS) is 14.9. The van der Waals surface area contributed by atoms with Crippen LogP contribution in [0.25, 0.3) is 0 Å². The van der Waals surface area contributed by atoms with Gasteiger partial charge in [-0.1, -0.05) is 24.3 Å². The molecule has 1 amide bonds. The highest BCUT2D eigenvalue weighted by Crippen LogP contribution is 2.21. The number of carbonyl (C=O) groups is 1. The second-order valence-electron chi connectivity index (χ2n) is 6.01. The molecule has 25 heavy (non-hydrogen) atoms. The van der Waals surface area contributed by atoms with E-state index in [9.17, 15) is 4.79 Å². The highest BCUT2D eigenvalue weighted by atomic mass is 16.5. The van der Waals surface area contributed by atoms with Crippen LogP contribution in [0.3, 0.4) is 0 Å². The van der Waals surface area contributed by atoms with Crippen LogP contribution >= 0.6 is 0 Å². The molecule has 2 aromatic carbocycles. The first kappa shape index (κ1) is 17.5. The van der Waals surface area contributed by atoms with Gasteiger partial charge in [0.15, 0.2) is 0 Å². The third kappa shape index (κ3) is 5.59. The fourth-order valence-electron chi connectivity index (χ4n) is 2.76. The molecule has 2 aromatic rings. The van der Waals surface area contributed by atoms with Crippen molar-refractivity contribution in [3.63, 3.8) is 0 Å². The van der Waals surface area contributed by atoms with E-state index < -0.39 is 0 Å². The van der Waals surface area contributed by atoms with Gasteiger partial charge >= 0.3 is 0 Å². The van der Waals surface area contributed by atoms with Crippen molar-refractivity contribution in [3.05, 3.63) is 60.2 Å². The van der Waals surface area contributed by atoms with Gasteiger partial charge in [-0.15, -0.1) is 0 Å². The lowest BCUT2D eigenvalue weighted by Gasteiger charge is -2.26. The zero-order valence-corrected chi connectivity index (χ0v) is 14.3. The molecule has 1 N–H and O–H groups in total. The Morgan fingerprint density at radius 1 is 1.04 bits per heavy atom. The van der Waals surface area contributed by atoms with Gasteiger partial charge in [-0.2, -0.15) is 0 Å². The van der Waals surface area contributed by atoms with E-state index in [2.05, 4.69) is 10.2 Å². The van der Waals surface area contributed by atoms with Crippen molar-refractivity contribution in [2.45, 2.75) is 6.42 Å². The lowest BCUT2D eigenvalue weighted by molar-refractivity contribution is 0.0374. The summed E-state index contributed by atoms with van der Waals surface area (Å²) in [4.78, 5) is 14.7. The van der Waals surface area contributed by atoms with E-state index in [-0.39, 0.29) is 5.91 Å². The van der Waals surface area contributed by atoms with Gasteiger partial charge in [0.1, 0.15) is 11.5 Å². The van der Waals surface area contributed by atoms with Crippen molar-refractivity contribution in [3.8, 4) is 11.5 Å². The van der Waals surface area contributed by atoms with Crippen LogP contribution in [0.4, 0.5) is 0 Å². The molecule has 132 valence electrons. The third-order valence-corrected chi connectivity index (χ3v) is 4.12. The first-order chi connectivity index (χ1) is 12.3. The van der Waals surface area contributed by atoms with Gasteiger partial charge in [0.05, 0.1) is 13.2 Å². The van der Waals surface area contributed by atoms with Crippen molar-refractivity contribution in [1.29, 1.82) is 0 Å². The lowest BCUT2D eigenvalue weighted by Crippen LogP contribution is -2.38. The summed E-state index contributed by atoms with van der Waals surface area (Å²) in [5, 5.41) is 2.98. The molecule has 5 nitrogen and oxygen atoms in total. The van der Waals surface area contributed by atoms with Crippen molar-refractivity contribution >= 4 is 5.91 Å². The number of nitrogens with one attached hydrogen (secondary N) is 1. The third-order valence-electron chi connectivity index (χ3n) is 4.12. The van der Waals surface area contributed by atoms with E-state index in [1.807, 2.05) is 42.5 Å². The lowest BCUT2D eigenvalue weighted by atomic mass is 10.2. The predicted octanol–water partition coefficient (Wildman–Crippen LogP) is 2.93. The Bertz CT molecular complexity index is 670. The number of nitrogens with zero attached hydrogens (tertiary/aromatic N) is 1. The number of morpholine rings is 1. The van der Waals surface area contributed by atoms with E-state index in [1.54, 1.807) is 12.1 Å². The number of carbonyl (C=O) groups excluding carboxylic acids is 1. The monoisotopic (exact) mass is 340 g/mol. The second kappa shape index (κ2) is 9.20. The molecule has 3 rings (SSSR count). The molecule has 0 spiro atoms. The summed E-state index contributed by atoms with van der Waals surface area (Å²) in [6.45, 7) is 5.22. The average molecular weight is 340 g/mol. The fraction of sp³-hybridized carbons (Fsp3) is 0.350. The summed E-state index contributed by atoms with van der Waals surface area (Å²) < 4.78 is 11.1. The van der Waals surface area contributed by atoms with Crippen molar-refractivity contribution in [1.82, 2.24) is 10.2 Å². The Morgan fingerprint density at radius 2 is 1.80 bits per heavy atom. The Hall–Kier alpha value is -2.37. The molecule has 0 saturated carbocycles. The smallest absolute Gasteiger partial charge is 0.251 e. The highest BCUT2D eigenvalue weighted by molar-refractivity contribution is 5.94. The van der Waals surface area contributed by atoms with E-state index >= 15 is 0 Å². The SMILES string of the molecule is O=C(NCCCN1CCOCC1)c1cccc(Oc2ccccc2)c1. The quantitative estimate of drug-likeness (QED) is 0.788. The number of amides is 1. The Morgan fingerprint density at radius 3 is 2.60 bits per heavy atom. The minimum absolute atomic E-state index is 0.0690. The average Bonchev–Trinajstić information content (AvgIpc) is 2.67. The van der Waals surface area contributed by atoms with Gasteiger partial charge in [-0.3, -0.25) is 9.69 Å². The number of hydrogen-bond acceptors (Lipinski definition) is 4. The Labute approximate surface area is 148 Å². The van der Waals surface area contributed by atoms with Crippen LogP contribution < -0.4 is 10.1 Å². The van der Waals surface area contributed by atoms with Crippen LogP contribution in [-0.4, -0.2) is 50.2 Å². The summed E-state index contributed by atoms with van der Waals surface area (Å²) in [5.41, 5.74) is 0.611. The highest BCUT2D eigenvalue weighted by Gasteiger charge is 2.10. The largest absolute Gasteiger partial charge is 0.457 e. The second-order valence-corrected chi connectivity index (χ2v) is 6.01. The molecule has 1 heterocycles. The molecule has 0 atom stereocenters. The Kier molecular flexibility index (Phi) is 6.42. The number of rotatable bonds is 7. The van der Waals surface area contributed by atoms with Crippen LogP contribution in [0, 0.1) is 0 Å². The molecular formula is C20H24N2O3. The molecule has 0 aliphatic carbocycles. The van der Waals surface area contributed by atoms with Crippen LogP contribution in [-0.2, 0) is 4.74 Å². The summed E-state index contributed by atoms with van der Waals surface area (Å²) >= 11 is 0. The molecule has 1 fully saturated rings. The van der Waals surface area contributed by atoms with Crippen LogP contribution in [0.2, 0.25) is 0 Å². The van der Waals surface area contributed by atoms with E-state index in [0.717, 1.165) is 45.0 Å². The summed E-state index contributed by atoms with van der Waals surface area (Å²) in [7, 11) is 0. The number of ether oxygens (including phenoxy) is 2. The van der Waals surface area contributed by atoms with Gasteiger partial charge in [0.2, 0.25) is 0 Å². The van der Waals surface area contributed by atoms with Crippen molar-refractivity contribution in [2.24, 2.45) is 0 Å². The maximum absolute atomic E-state index is 12.3.